The van der Waals surface area contributed by atoms with Crippen LogP contribution in [0.15, 0.2) is 103 Å². The van der Waals surface area contributed by atoms with Gasteiger partial charge in [0.15, 0.2) is 0 Å². The SMILES string of the molecule is In1c2ccccc2c2cc3cc4c(cc3cc21)c1ccccc1n4-c1ccccc1. The van der Waals surface area contributed by atoms with Gasteiger partial charge >= 0.3 is 0 Å². The lowest BCUT2D eigenvalue weighted by atomic mass is 10.0. The largest absolute Gasteiger partial charge is 0.309 e. The standard InChI is InChI=1S/C28H17IN2/c29-31-26-13-7-5-11-22(26)24-15-18-16-27-23(14-19(18)17-28(24)31)21-10-4-6-12-25(21)30(27)20-8-2-1-3-9-20/h1-17H. The summed E-state index contributed by atoms with van der Waals surface area (Å²) in [5.74, 6) is 0. The van der Waals surface area contributed by atoms with E-state index in [1.165, 1.54) is 60.1 Å². The lowest BCUT2D eigenvalue weighted by Gasteiger charge is -2.08. The lowest BCUT2D eigenvalue weighted by Crippen LogP contribution is -1.92. The average Bonchev–Trinajstić information content (AvgIpc) is 3.29. The van der Waals surface area contributed by atoms with Crippen molar-refractivity contribution >= 4 is 77.2 Å². The summed E-state index contributed by atoms with van der Waals surface area (Å²) < 4.78 is 4.66. The molecule has 0 unspecified atom stereocenters. The van der Waals surface area contributed by atoms with Crippen LogP contribution in [-0.4, -0.2) is 7.35 Å². The minimum Gasteiger partial charge on any atom is -0.309 e. The molecule has 0 saturated heterocycles. The van der Waals surface area contributed by atoms with E-state index in [1.807, 2.05) is 0 Å². The molecule has 0 spiro atoms. The number of para-hydroxylation sites is 3. The van der Waals surface area contributed by atoms with Crippen molar-refractivity contribution in [2.24, 2.45) is 0 Å². The second kappa shape index (κ2) is 6.34. The topological polar surface area (TPSA) is 9.86 Å². The Morgan fingerprint density at radius 1 is 0.452 bits per heavy atom. The van der Waals surface area contributed by atoms with E-state index in [0.717, 1.165) is 0 Å². The lowest BCUT2D eigenvalue weighted by molar-refractivity contribution is 1.18. The highest BCUT2D eigenvalue weighted by molar-refractivity contribution is 14.1. The number of aromatic nitrogens is 2. The van der Waals surface area contributed by atoms with Crippen molar-refractivity contribution in [3.63, 3.8) is 0 Å². The number of nitrogens with zero attached hydrogens (tertiary/aromatic N) is 2. The summed E-state index contributed by atoms with van der Waals surface area (Å²) in [4.78, 5) is 0. The van der Waals surface area contributed by atoms with Crippen molar-refractivity contribution in [2.45, 2.75) is 0 Å². The van der Waals surface area contributed by atoms with Gasteiger partial charge in [0.2, 0.25) is 0 Å². The molecule has 7 rings (SSSR count). The van der Waals surface area contributed by atoms with Crippen LogP contribution in [0, 0.1) is 0 Å². The van der Waals surface area contributed by atoms with Gasteiger partial charge < -0.3 is 4.57 Å². The Morgan fingerprint density at radius 3 is 1.74 bits per heavy atom. The summed E-state index contributed by atoms with van der Waals surface area (Å²) in [6.07, 6.45) is 0. The summed E-state index contributed by atoms with van der Waals surface area (Å²) in [7, 11) is 0. The Kier molecular flexibility index (Phi) is 3.56. The Bertz CT molecular complexity index is 1790. The highest BCUT2D eigenvalue weighted by atomic mass is 127. The molecule has 0 radical (unpaired) electrons. The fourth-order valence-corrected chi connectivity index (χ4v) is 5.81. The number of hydrogen-bond donors (Lipinski definition) is 0. The zero-order valence-electron chi connectivity index (χ0n) is 16.6. The molecule has 3 heteroatoms. The third-order valence-corrected chi connectivity index (χ3v) is 7.42. The summed E-state index contributed by atoms with van der Waals surface area (Å²) in [6, 6.07) is 37.4. The van der Waals surface area contributed by atoms with E-state index in [2.05, 4.69) is 133 Å². The molecule has 0 bridgehead atoms. The molecular weight excluding hydrogens is 491 g/mol. The van der Waals surface area contributed by atoms with Gasteiger partial charge in [0.1, 0.15) is 0 Å². The summed E-state index contributed by atoms with van der Waals surface area (Å²) >= 11 is 2.42. The van der Waals surface area contributed by atoms with E-state index in [1.54, 1.807) is 0 Å². The highest BCUT2D eigenvalue weighted by Gasteiger charge is 2.15. The van der Waals surface area contributed by atoms with E-state index < -0.39 is 0 Å². The summed E-state index contributed by atoms with van der Waals surface area (Å²) in [5.41, 5.74) is 6.21. The van der Waals surface area contributed by atoms with Gasteiger partial charge in [-0.15, -0.1) is 0 Å². The van der Waals surface area contributed by atoms with Crippen molar-refractivity contribution < 1.29 is 0 Å². The van der Waals surface area contributed by atoms with E-state index in [4.69, 9.17) is 0 Å². The number of hydrogen-bond acceptors (Lipinski definition) is 0. The van der Waals surface area contributed by atoms with Crippen LogP contribution in [0.3, 0.4) is 0 Å². The Balaban J connectivity index is 1.67. The van der Waals surface area contributed by atoms with E-state index >= 15 is 0 Å². The zero-order valence-corrected chi connectivity index (χ0v) is 18.7. The fraction of sp³-hybridized carbons (Fsp3) is 0. The molecule has 0 saturated carbocycles. The van der Waals surface area contributed by atoms with Crippen LogP contribution in [-0.2, 0) is 0 Å². The molecule has 7 aromatic rings. The third-order valence-electron chi connectivity index (χ3n) is 6.38. The molecule has 146 valence electrons. The molecule has 0 aliphatic carbocycles. The second-order valence-electron chi connectivity index (χ2n) is 8.07. The average molecular weight is 508 g/mol. The molecule has 31 heavy (non-hydrogen) atoms. The van der Waals surface area contributed by atoms with Crippen LogP contribution in [0.1, 0.15) is 0 Å². The van der Waals surface area contributed by atoms with Crippen molar-refractivity contribution in [1.82, 2.24) is 7.35 Å². The minimum absolute atomic E-state index is 1.19. The van der Waals surface area contributed by atoms with Crippen LogP contribution in [0.5, 0.6) is 0 Å². The van der Waals surface area contributed by atoms with Crippen LogP contribution in [0.25, 0.3) is 60.1 Å². The normalized spacial score (nSPS) is 12.0. The first kappa shape index (κ1) is 17.4. The van der Waals surface area contributed by atoms with Crippen LogP contribution in [0.4, 0.5) is 0 Å². The molecule has 2 heterocycles. The molecule has 0 aliphatic rings. The third kappa shape index (κ3) is 2.38. The molecule has 0 aliphatic heterocycles. The quantitative estimate of drug-likeness (QED) is 0.198. The Labute approximate surface area is 192 Å². The molecule has 0 atom stereocenters. The van der Waals surface area contributed by atoms with E-state index in [-0.39, 0.29) is 0 Å². The van der Waals surface area contributed by atoms with E-state index in [9.17, 15) is 0 Å². The minimum atomic E-state index is 1.19. The zero-order chi connectivity index (χ0) is 20.5. The van der Waals surface area contributed by atoms with E-state index in [0.29, 0.717) is 0 Å². The maximum Gasteiger partial charge on any atom is 0.0646 e. The molecule has 0 amide bonds. The molecule has 2 aromatic heterocycles. The first-order valence-corrected chi connectivity index (χ1v) is 11.4. The summed E-state index contributed by atoms with van der Waals surface area (Å²) in [6.45, 7) is 0. The molecule has 5 aromatic carbocycles. The van der Waals surface area contributed by atoms with Gasteiger partial charge in [-0.1, -0.05) is 54.6 Å². The molecular formula is C28H17IN2. The monoisotopic (exact) mass is 508 g/mol. The van der Waals surface area contributed by atoms with Gasteiger partial charge in [0, 0.05) is 27.2 Å². The second-order valence-corrected chi connectivity index (χ2v) is 9.04. The van der Waals surface area contributed by atoms with Gasteiger partial charge in [-0.25, -0.2) is 0 Å². The smallest absolute Gasteiger partial charge is 0.0646 e. The predicted octanol–water partition coefficient (Wildman–Crippen LogP) is 8.24. The molecule has 0 N–H and O–H groups in total. The van der Waals surface area contributed by atoms with Crippen molar-refractivity contribution in [3.8, 4) is 5.69 Å². The fourth-order valence-electron chi connectivity index (χ4n) is 4.99. The van der Waals surface area contributed by atoms with Crippen LogP contribution >= 0.6 is 22.9 Å². The number of fused-ring (bicyclic) bond motifs is 7. The van der Waals surface area contributed by atoms with Crippen LogP contribution in [0.2, 0.25) is 0 Å². The van der Waals surface area contributed by atoms with Crippen molar-refractivity contribution in [2.75, 3.05) is 0 Å². The molecule has 2 nitrogen and oxygen atoms in total. The van der Waals surface area contributed by atoms with Gasteiger partial charge in [0.25, 0.3) is 0 Å². The summed E-state index contributed by atoms with van der Waals surface area (Å²) in [5, 5.41) is 7.74. The van der Waals surface area contributed by atoms with Gasteiger partial charge in [-0.2, -0.15) is 0 Å². The van der Waals surface area contributed by atoms with Gasteiger partial charge in [0.05, 0.1) is 44.9 Å². The first-order chi connectivity index (χ1) is 15.3. The maximum atomic E-state index is 2.42. The number of benzene rings is 5. The Hall–Kier alpha value is -3.31. The van der Waals surface area contributed by atoms with Gasteiger partial charge in [-0.3, -0.25) is 2.78 Å². The van der Waals surface area contributed by atoms with Gasteiger partial charge in [-0.05, 0) is 59.3 Å². The maximum absolute atomic E-state index is 2.42. The van der Waals surface area contributed by atoms with Crippen molar-refractivity contribution in [3.05, 3.63) is 103 Å². The molecule has 0 fully saturated rings. The number of rotatable bonds is 1. The van der Waals surface area contributed by atoms with Crippen molar-refractivity contribution in [1.29, 1.82) is 0 Å². The first-order valence-electron chi connectivity index (χ1n) is 10.4. The highest BCUT2D eigenvalue weighted by Crippen LogP contribution is 2.38. The van der Waals surface area contributed by atoms with Crippen LogP contribution < -0.4 is 0 Å². The Morgan fingerprint density at radius 2 is 1.00 bits per heavy atom. The number of halogens is 1. The predicted molar refractivity (Wildman–Crippen MR) is 141 cm³/mol.